The van der Waals surface area contributed by atoms with Crippen LogP contribution in [0.15, 0.2) is 18.2 Å². The van der Waals surface area contributed by atoms with Crippen LogP contribution in [0.5, 0.6) is 5.75 Å². The van der Waals surface area contributed by atoms with Gasteiger partial charge in [-0.3, -0.25) is 4.79 Å². The third-order valence-corrected chi connectivity index (χ3v) is 5.44. The lowest BCUT2D eigenvalue weighted by Gasteiger charge is -2.31. The van der Waals surface area contributed by atoms with Crippen LogP contribution in [0.1, 0.15) is 30.4 Å². The van der Waals surface area contributed by atoms with Gasteiger partial charge in [-0.2, -0.15) is 0 Å². The molecule has 1 aliphatic carbocycles. The second-order valence-electron chi connectivity index (χ2n) is 6.84. The van der Waals surface area contributed by atoms with Crippen LogP contribution in [0.4, 0.5) is 0 Å². The second-order valence-corrected chi connectivity index (χ2v) is 6.84. The monoisotopic (exact) mass is 333 g/mol. The maximum atomic E-state index is 11.7. The van der Waals surface area contributed by atoms with E-state index in [9.17, 15) is 9.90 Å². The Morgan fingerprint density at radius 1 is 1.38 bits per heavy atom. The van der Waals surface area contributed by atoms with E-state index in [1.54, 1.807) is 7.11 Å². The van der Waals surface area contributed by atoms with E-state index in [-0.39, 0.29) is 11.8 Å². The average molecular weight is 333 g/mol. The predicted octanol–water partition coefficient (Wildman–Crippen LogP) is 2.27. The number of hydrogen-bond donors (Lipinski definition) is 2. The molecule has 2 aliphatic rings. The minimum atomic E-state index is -0.688. The topological polar surface area (TPSA) is 67.8 Å². The van der Waals surface area contributed by atoms with Crippen molar-refractivity contribution < 1.29 is 19.4 Å². The molecule has 0 spiro atoms. The first kappa shape index (κ1) is 17.2. The van der Waals surface area contributed by atoms with Gasteiger partial charge in [0.15, 0.2) is 0 Å². The van der Waals surface area contributed by atoms with Crippen LogP contribution in [0.25, 0.3) is 0 Å². The highest BCUT2D eigenvalue weighted by Gasteiger charge is 2.30. The molecule has 1 saturated heterocycles. The molecule has 1 aromatic rings. The Labute approximate surface area is 143 Å². The summed E-state index contributed by atoms with van der Waals surface area (Å²) in [7, 11) is 1.71. The predicted molar refractivity (Wildman–Crippen MR) is 91.5 cm³/mol. The lowest BCUT2D eigenvalue weighted by atomic mass is 9.84. The number of aliphatic carboxylic acids is 1. The Bertz CT molecular complexity index is 568. The zero-order valence-electron chi connectivity index (χ0n) is 14.3. The first-order valence-corrected chi connectivity index (χ1v) is 8.87. The molecule has 132 valence electrons. The van der Waals surface area contributed by atoms with Crippen molar-refractivity contribution in [2.75, 3.05) is 26.9 Å². The molecular weight excluding hydrogens is 306 g/mol. The van der Waals surface area contributed by atoms with Crippen molar-refractivity contribution in [1.29, 1.82) is 0 Å². The maximum absolute atomic E-state index is 11.7. The van der Waals surface area contributed by atoms with Crippen molar-refractivity contribution >= 4 is 5.97 Å². The van der Waals surface area contributed by atoms with E-state index in [0.717, 1.165) is 37.9 Å². The SMILES string of the molecule is COc1cccc2c1CCC(NCC(C(=O)O)C1CCOCC1)C2. The number of rotatable bonds is 6. The minimum Gasteiger partial charge on any atom is -0.496 e. The highest BCUT2D eigenvalue weighted by atomic mass is 16.5. The fourth-order valence-electron chi connectivity index (χ4n) is 4.01. The number of methoxy groups -OCH3 is 1. The Morgan fingerprint density at radius 3 is 2.88 bits per heavy atom. The van der Waals surface area contributed by atoms with Gasteiger partial charge in [-0.15, -0.1) is 0 Å². The zero-order valence-corrected chi connectivity index (χ0v) is 14.3. The van der Waals surface area contributed by atoms with Gasteiger partial charge in [0, 0.05) is 25.8 Å². The quantitative estimate of drug-likeness (QED) is 0.836. The van der Waals surface area contributed by atoms with Crippen molar-refractivity contribution in [1.82, 2.24) is 5.32 Å². The van der Waals surface area contributed by atoms with Crippen molar-refractivity contribution in [3.8, 4) is 5.75 Å². The van der Waals surface area contributed by atoms with Gasteiger partial charge in [0.25, 0.3) is 0 Å². The molecule has 2 unspecified atom stereocenters. The van der Waals surface area contributed by atoms with Crippen LogP contribution in [0.2, 0.25) is 0 Å². The summed E-state index contributed by atoms with van der Waals surface area (Å²) in [5.74, 6) is 0.184. The molecule has 1 heterocycles. The largest absolute Gasteiger partial charge is 0.496 e. The molecule has 2 atom stereocenters. The molecule has 5 heteroatoms. The number of fused-ring (bicyclic) bond motifs is 1. The lowest BCUT2D eigenvalue weighted by molar-refractivity contribution is -0.144. The first-order valence-electron chi connectivity index (χ1n) is 8.87. The van der Waals surface area contributed by atoms with Crippen LogP contribution in [0, 0.1) is 11.8 Å². The van der Waals surface area contributed by atoms with E-state index in [2.05, 4.69) is 11.4 Å². The van der Waals surface area contributed by atoms with E-state index in [1.165, 1.54) is 11.1 Å². The number of nitrogens with one attached hydrogen (secondary N) is 1. The van der Waals surface area contributed by atoms with Gasteiger partial charge >= 0.3 is 5.97 Å². The van der Waals surface area contributed by atoms with Gasteiger partial charge in [-0.05, 0) is 55.2 Å². The fraction of sp³-hybridized carbons (Fsp3) is 0.632. The van der Waals surface area contributed by atoms with Gasteiger partial charge in [0.05, 0.1) is 13.0 Å². The molecule has 3 rings (SSSR count). The first-order chi connectivity index (χ1) is 11.7. The lowest BCUT2D eigenvalue weighted by Crippen LogP contribution is -2.42. The van der Waals surface area contributed by atoms with Gasteiger partial charge in [0.2, 0.25) is 0 Å². The van der Waals surface area contributed by atoms with E-state index in [4.69, 9.17) is 9.47 Å². The summed E-state index contributed by atoms with van der Waals surface area (Å²) >= 11 is 0. The van der Waals surface area contributed by atoms with Gasteiger partial charge < -0.3 is 19.9 Å². The standard InChI is InChI=1S/C19H27NO4/c1-23-18-4-2-3-14-11-15(5-6-16(14)18)20-12-17(19(21)22)13-7-9-24-10-8-13/h2-4,13,15,17,20H,5-12H2,1H3,(H,21,22). The van der Waals surface area contributed by atoms with Gasteiger partial charge in [-0.25, -0.2) is 0 Å². The molecule has 1 fully saturated rings. The third-order valence-electron chi connectivity index (χ3n) is 5.44. The second kappa shape index (κ2) is 7.99. The molecule has 0 amide bonds. The number of ether oxygens (including phenoxy) is 2. The highest BCUT2D eigenvalue weighted by Crippen LogP contribution is 2.30. The molecule has 24 heavy (non-hydrogen) atoms. The average Bonchev–Trinajstić information content (AvgIpc) is 2.61. The number of carbonyl (C=O) groups is 1. The number of hydrogen-bond acceptors (Lipinski definition) is 4. The number of benzene rings is 1. The van der Waals surface area contributed by atoms with Gasteiger partial charge in [-0.1, -0.05) is 12.1 Å². The van der Waals surface area contributed by atoms with Crippen LogP contribution in [-0.4, -0.2) is 44.0 Å². The van der Waals surface area contributed by atoms with Gasteiger partial charge in [0.1, 0.15) is 5.75 Å². The van der Waals surface area contributed by atoms with Crippen LogP contribution in [0.3, 0.4) is 0 Å². The van der Waals surface area contributed by atoms with E-state index >= 15 is 0 Å². The van der Waals surface area contributed by atoms with E-state index in [1.807, 2.05) is 12.1 Å². The van der Waals surface area contributed by atoms with E-state index < -0.39 is 5.97 Å². The zero-order chi connectivity index (χ0) is 16.9. The van der Waals surface area contributed by atoms with Crippen LogP contribution < -0.4 is 10.1 Å². The molecule has 1 aliphatic heterocycles. The molecular formula is C19H27NO4. The summed E-state index contributed by atoms with van der Waals surface area (Å²) in [5, 5.41) is 13.1. The Morgan fingerprint density at radius 2 is 2.17 bits per heavy atom. The van der Waals surface area contributed by atoms with Crippen molar-refractivity contribution in [3.63, 3.8) is 0 Å². The molecule has 2 N–H and O–H groups in total. The summed E-state index contributed by atoms with van der Waals surface area (Å²) in [6.07, 6.45) is 4.64. The maximum Gasteiger partial charge on any atom is 0.308 e. The number of carboxylic acid groups (broad SMARTS) is 1. The molecule has 0 bridgehead atoms. The van der Waals surface area contributed by atoms with Crippen molar-refractivity contribution in [3.05, 3.63) is 29.3 Å². The molecule has 5 nitrogen and oxygen atoms in total. The fourth-order valence-corrected chi connectivity index (χ4v) is 4.01. The smallest absolute Gasteiger partial charge is 0.308 e. The Balaban J connectivity index is 1.59. The Kier molecular flexibility index (Phi) is 5.74. The molecule has 1 aromatic carbocycles. The van der Waals surface area contributed by atoms with Crippen LogP contribution in [-0.2, 0) is 22.4 Å². The minimum absolute atomic E-state index is 0.222. The van der Waals surface area contributed by atoms with Crippen molar-refractivity contribution in [2.24, 2.45) is 11.8 Å². The van der Waals surface area contributed by atoms with Crippen molar-refractivity contribution in [2.45, 2.75) is 38.1 Å². The summed E-state index contributed by atoms with van der Waals surface area (Å²) in [6, 6.07) is 6.53. The Hall–Kier alpha value is -1.59. The normalized spacial score (nSPS) is 22.6. The molecule has 0 aromatic heterocycles. The molecule has 0 saturated carbocycles. The summed E-state index contributed by atoms with van der Waals surface area (Å²) < 4.78 is 10.8. The summed E-state index contributed by atoms with van der Waals surface area (Å²) in [4.78, 5) is 11.7. The third kappa shape index (κ3) is 3.90. The highest BCUT2D eigenvalue weighted by molar-refractivity contribution is 5.70. The number of carboxylic acids is 1. The van der Waals surface area contributed by atoms with Crippen LogP contribution >= 0.6 is 0 Å². The van der Waals surface area contributed by atoms with E-state index in [0.29, 0.717) is 25.8 Å². The molecule has 0 radical (unpaired) electrons. The summed E-state index contributed by atoms with van der Waals surface area (Å²) in [5.41, 5.74) is 2.62. The summed E-state index contributed by atoms with van der Waals surface area (Å²) in [6.45, 7) is 1.92.